The van der Waals surface area contributed by atoms with Gasteiger partial charge in [-0.3, -0.25) is 14.4 Å². The molecule has 0 saturated heterocycles. The molecule has 6 heteroatoms. The summed E-state index contributed by atoms with van der Waals surface area (Å²) in [5, 5.41) is 21.3. The SMILES string of the molecule is CCCCC(=O)O[C@@]1(C(=O)CO)CC[C@@H]2[C@H]3CCC4=CC(=O)C=C[C@]4(C)[C@@H]3[C@H](O)C[C@@]21C. The Bertz CT molecular complexity index is 874. The third-order valence-electron chi connectivity index (χ3n) is 9.23. The fourth-order valence-corrected chi connectivity index (χ4v) is 7.69. The van der Waals surface area contributed by atoms with Gasteiger partial charge in [0.15, 0.2) is 11.4 Å². The Labute approximate surface area is 190 Å². The van der Waals surface area contributed by atoms with Gasteiger partial charge < -0.3 is 14.9 Å². The number of fused-ring (bicyclic) bond motifs is 5. The molecule has 32 heavy (non-hydrogen) atoms. The van der Waals surface area contributed by atoms with Crippen molar-refractivity contribution in [2.45, 2.75) is 83.8 Å². The molecule has 176 valence electrons. The molecule has 6 nitrogen and oxygen atoms in total. The van der Waals surface area contributed by atoms with Gasteiger partial charge in [0, 0.05) is 23.2 Å². The maximum atomic E-state index is 13.1. The number of hydrogen-bond acceptors (Lipinski definition) is 6. The highest BCUT2D eigenvalue weighted by Crippen LogP contribution is 2.67. The summed E-state index contributed by atoms with van der Waals surface area (Å²) in [6, 6.07) is 0. The zero-order valence-electron chi connectivity index (χ0n) is 19.4. The molecule has 0 aromatic heterocycles. The molecule has 4 aliphatic rings. The van der Waals surface area contributed by atoms with E-state index in [1.54, 1.807) is 12.2 Å². The Balaban J connectivity index is 1.70. The summed E-state index contributed by atoms with van der Waals surface area (Å²) < 4.78 is 5.97. The van der Waals surface area contributed by atoms with E-state index in [9.17, 15) is 24.6 Å². The molecule has 3 fully saturated rings. The predicted molar refractivity (Wildman–Crippen MR) is 118 cm³/mol. The Morgan fingerprint density at radius 3 is 2.69 bits per heavy atom. The van der Waals surface area contributed by atoms with Crippen molar-refractivity contribution in [3.63, 3.8) is 0 Å². The molecule has 4 rings (SSSR count). The lowest BCUT2D eigenvalue weighted by Gasteiger charge is -2.59. The number of allylic oxidation sites excluding steroid dienone is 4. The van der Waals surface area contributed by atoms with Gasteiger partial charge in [-0.15, -0.1) is 0 Å². The smallest absolute Gasteiger partial charge is 0.306 e. The van der Waals surface area contributed by atoms with Gasteiger partial charge in [0.1, 0.15) is 6.61 Å². The molecule has 0 unspecified atom stereocenters. The van der Waals surface area contributed by atoms with Gasteiger partial charge in [-0.1, -0.05) is 38.8 Å². The highest BCUT2D eigenvalue weighted by atomic mass is 16.6. The van der Waals surface area contributed by atoms with Crippen LogP contribution >= 0.6 is 0 Å². The third-order valence-corrected chi connectivity index (χ3v) is 9.23. The van der Waals surface area contributed by atoms with Gasteiger partial charge in [0.05, 0.1) is 6.10 Å². The second kappa shape index (κ2) is 8.21. The van der Waals surface area contributed by atoms with E-state index >= 15 is 0 Å². The summed E-state index contributed by atoms with van der Waals surface area (Å²) in [6.07, 6.45) is 9.42. The lowest BCUT2D eigenvalue weighted by atomic mass is 9.46. The van der Waals surface area contributed by atoms with Crippen molar-refractivity contribution in [1.29, 1.82) is 0 Å². The molecule has 0 aromatic rings. The van der Waals surface area contributed by atoms with Crippen LogP contribution in [0, 0.1) is 28.6 Å². The van der Waals surface area contributed by atoms with Crippen molar-refractivity contribution in [2.75, 3.05) is 6.61 Å². The summed E-state index contributed by atoms with van der Waals surface area (Å²) in [6.45, 7) is 5.39. The molecule has 4 aliphatic carbocycles. The van der Waals surface area contributed by atoms with E-state index in [4.69, 9.17) is 4.74 Å². The highest BCUT2D eigenvalue weighted by molar-refractivity contribution is 6.01. The number of Topliss-reactive ketones (excluding diaryl/α,β-unsaturated/α-hetero) is 1. The summed E-state index contributed by atoms with van der Waals surface area (Å²) in [5.74, 6) is -0.675. The Hall–Kier alpha value is -1.79. The molecule has 2 N–H and O–H groups in total. The first kappa shape index (κ1) is 23.4. The first-order chi connectivity index (χ1) is 15.1. The number of hydrogen-bond donors (Lipinski definition) is 2. The first-order valence-corrected chi connectivity index (χ1v) is 12.1. The minimum Gasteiger partial charge on any atom is -0.450 e. The Kier molecular flexibility index (Phi) is 6.00. The van der Waals surface area contributed by atoms with E-state index in [1.807, 2.05) is 19.9 Å². The lowest BCUT2D eigenvalue weighted by molar-refractivity contribution is -0.200. The van der Waals surface area contributed by atoms with Gasteiger partial charge >= 0.3 is 5.97 Å². The Morgan fingerprint density at radius 1 is 1.25 bits per heavy atom. The van der Waals surface area contributed by atoms with Crippen LogP contribution in [0.15, 0.2) is 23.8 Å². The van der Waals surface area contributed by atoms with E-state index in [2.05, 4.69) is 6.92 Å². The summed E-state index contributed by atoms with van der Waals surface area (Å²) in [4.78, 5) is 37.8. The lowest BCUT2D eigenvalue weighted by Crippen LogP contribution is -2.63. The topological polar surface area (TPSA) is 101 Å². The van der Waals surface area contributed by atoms with Gasteiger partial charge in [-0.2, -0.15) is 0 Å². The maximum absolute atomic E-state index is 13.1. The largest absolute Gasteiger partial charge is 0.450 e. The summed E-state index contributed by atoms with van der Waals surface area (Å²) >= 11 is 0. The number of ether oxygens (including phenoxy) is 1. The van der Waals surface area contributed by atoms with E-state index in [-0.39, 0.29) is 35.4 Å². The van der Waals surface area contributed by atoms with Crippen molar-refractivity contribution < 1.29 is 29.3 Å². The van der Waals surface area contributed by atoms with Crippen molar-refractivity contribution in [2.24, 2.45) is 28.6 Å². The zero-order chi connectivity index (χ0) is 23.3. The van der Waals surface area contributed by atoms with Crippen LogP contribution in [0.4, 0.5) is 0 Å². The van der Waals surface area contributed by atoms with Crippen LogP contribution in [-0.4, -0.2) is 46.1 Å². The third kappa shape index (κ3) is 3.25. The first-order valence-electron chi connectivity index (χ1n) is 12.1. The number of aliphatic hydroxyl groups excluding tert-OH is 2. The van der Waals surface area contributed by atoms with Crippen molar-refractivity contribution in [3.05, 3.63) is 23.8 Å². The number of esters is 1. The molecule has 3 saturated carbocycles. The average Bonchev–Trinajstić information content (AvgIpc) is 3.04. The van der Waals surface area contributed by atoms with E-state index < -0.39 is 35.5 Å². The van der Waals surface area contributed by atoms with Crippen molar-refractivity contribution in [3.8, 4) is 0 Å². The molecule has 0 heterocycles. The van der Waals surface area contributed by atoms with Crippen molar-refractivity contribution in [1.82, 2.24) is 0 Å². The average molecular weight is 445 g/mol. The second-order valence-electron chi connectivity index (χ2n) is 10.7. The van der Waals surface area contributed by atoms with Crippen molar-refractivity contribution >= 4 is 17.5 Å². The molecular formula is C26H36O6. The quantitative estimate of drug-likeness (QED) is 0.610. The van der Waals surface area contributed by atoms with E-state index in [0.29, 0.717) is 19.3 Å². The van der Waals surface area contributed by atoms with E-state index in [1.165, 1.54) is 0 Å². The number of unbranched alkanes of at least 4 members (excludes halogenated alkanes) is 1. The van der Waals surface area contributed by atoms with Crippen LogP contribution in [0.1, 0.15) is 72.1 Å². The zero-order valence-corrected chi connectivity index (χ0v) is 19.4. The molecule has 7 atom stereocenters. The monoisotopic (exact) mass is 444 g/mol. The summed E-state index contributed by atoms with van der Waals surface area (Å²) in [5.41, 5.74) is -1.43. The normalized spacial score (nSPS) is 42.5. The molecular weight excluding hydrogens is 408 g/mol. The molecule has 0 radical (unpaired) electrons. The number of ketones is 2. The van der Waals surface area contributed by atoms with Crippen LogP contribution < -0.4 is 0 Å². The van der Waals surface area contributed by atoms with Crippen LogP contribution in [0.2, 0.25) is 0 Å². The Morgan fingerprint density at radius 2 is 2.00 bits per heavy atom. The van der Waals surface area contributed by atoms with Gasteiger partial charge in [-0.25, -0.2) is 0 Å². The minimum atomic E-state index is -1.39. The van der Waals surface area contributed by atoms with Crippen LogP contribution in [0.5, 0.6) is 0 Å². The summed E-state index contributed by atoms with van der Waals surface area (Å²) in [7, 11) is 0. The minimum absolute atomic E-state index is 0.00141. The predicted octanol–water partition coefficient (Wildman–Crippen LogP) is 3.30. The maximum Gasteiger partial charge on any atom is 0.306 e. The molecule has 0 amide bonds. The highest BCUT2D eigenvalue weighted by Gasteiger charge is 2.70. The molecule has 0 aromatic carbocycles. The van der Waals surface area contributed by atoms with Crippen LogP contribution in [0.3, 0.4) is 0 Å². The van der Waals surface area contributed by atoms with Crippen LogP contribution in [0.25, 0.3) is 0 Å². The molecule has 0 aliphatic heterocycles. The van der Waals surface area contributed by atoms with Gasteiger partial charge in [0.25, 0.3) is 0 Å². The number of carbonyl (C=O) groups is 3. The standard InChI is InChI=1S/C26H36O6/c1-4-5-6-22(31)32-26(21(30)15-27)12-10-19-18-8-7-16-13-17(28)9-11-24(16,2)23(18)20(29)14-25(19,26)3/h9,11,13,18-20,23,27,29H,4-8,10,12,14-15H2,1-3H3/t18-,19-,20-,23+,24+,25+,26-/m1/s1. The number of rotatable bonds is 6. The fourth-order valence-electron chi connectivity index (χ4n) is 7.69. The second-order valence-corrected chi connectivity index (χ2v) is 10.7. The van der Waals surface area contributed by atoms with Gasteiger partial charge in [-0.05, 0) is 62.5 Å². The molecule has 0 spiro atoms. The fraction of sp³-hybridized carbons (Fsp3) is 0.731. The number of aliphatic hydroxyl groups is 2. The van der Waals surface area contributed by atoms with Crippen LogP contribution in [-0.2, 0) is 19.1 Å². The van der Waals surface area contributed by atoms with Gasteiger partial charge in [0.2, 0.25) is 5.78 Å². The van der Waals surface area contributed by atoms with E-state index in [0.717, 1.165) is 31.3 Å². The molecule has 0 bridgehead atoms. The number of carbonyl (C=O) groups excluding carboxylic acids is 3.